The minimum Gasteiger partial charge on any atom is -0.335 e. The van der Waals surface area contributed by atoms with E-state index in [2.05, 4.69) is 42.3 Å². The van der Waals surface area contributed by atoms with Crippen LogP contribution in [0.15, 0.2) is 23.6 Å². The van der Waals surface area contributed by atoms with E-state index in [4.69, 9.17) is 0 Å². The minimum absolute atomic E-state index is 0.212. The van der Waals surface area contributed by atoms with Gasteiger partial charge in [0.15, 0.2) is 0 Å². The molecule has 3 rings (SSSR count). The van der Waals surface area contributed by atoms with Crippen LogP contribution in [0.1, 0.15) is 31.9 Å². The third-order valence-electron chi connectivity index (χ3n) is 4.17. The zero-order valence-corrected chi connectivity index (χ0v) is 14.8. The Morgan fingerprint density at radius 3 is 2.64 bits per heavy atom. The molecule has 2 aromatic rings. The molecule has 1 aliphatic heterocycles. The Kier molecular flexibility index (Phi) is 4.96. The summed E-state index contributed by atoms with van der Waals surface area (Å²) in [6.45, 7) is 8.87. The Bertz CT molecular complexity index is 625. The molecule has 3 nitrogen and oxygen atoms in total. The van der Waals surface area contributed by atoms with Crippen LogP contribution in [-0.2, 0) is 13.0 Å². The van der Waals surface area contributed by atoms with E-state index in [9.17, 15) is 4.79 Å². The van der Waals surface area contributed by atoms with Crippen molar-refractivity contribution in [1.29, 1.82) is 0 Å². The van der Waals surface area contributed by atoms with Gasteiger partial charge in [0.1, 0.15) is 0 Å². The Labute approximate surface area is 140 Å². The van der Waals surface area contributed by atoms with E-state index in [-0.39, 0.29) is 5.91 Å². The monoisotopic (exact) mass is 334 g/mol. The summed E-state index contributed by atoms with van der Waals surface area (Å²) in [4.78, 5) is 20.7. The molecule has 1 aliphatic rings. The van der Waals surface area contributed by atoms with Crippen LogP contribution in [0, 0.1) is 6.92 Å². The van der Waals surface area contributed by atoms with E-state index in [1.807, 2.05) is 4.90 Å². The summed E-state index contributed by atoms with van der Waals surface area (Å²) in [6, 6.07) is 6.34. The first-order valence-corrected chi connectivity index (χ1v) is 9.50. The number of amides is 1. The summed E-state index contributed by atoms with van der Waals surface area (Å²) in [5, 5.41) is 2.12. The first kappa shape index (κ1) is 15.7. The van der Waals surface area contributed by atoms with Gasteiger partial charge < -0.3 is 4.90 Å². The first-order valence-electron chi connectivity index (χ1n) is 7.80. The predicted molar refractivity (Wildman–Crippen MR) is 93.9 cm³/mol. The normalized spacial score (nSPS) is 16.2. The molecule has 22 heavy (non-hydrogen) atoms. The van der Waals surface area contributed by atoms with Crippen LogP contribution < -0.4 is 0 Å². The van der Waals surface area contributed by atoms with E-state index in [1.54, 1.807) is 22.7 Å². The Hall–Kier alpha value is -1.17. The molecule has 0 bridgehead atoms. The molecule has 5 heteroatoms. The molecular formula is C17H22N2OS2. The maximum Gasteiger partial charge on any atom is 0.264 e. The highest BCUT2D eigenvalue weighted by molar-refractivity contribution is 7.14. The summed E-state index contributed by atoms with van der Waals surface area (Å²) in [5.74, 6) is 0.212. The van der Waals surface area contributed by atoms with Crippen LogP contribution in [0.25, 0.3) is 0 Å². The highest BCUT2D eigenvalue weighted by atomic mass is 32.1. The molecule has 0 radical (unpaired) electrons. The maximum atomic E-state index is 12.6. The van der Waals surface area contributed by atoms with Crippen LogP contribution in [0.5, 0.6) is 0 Å². The van der Waals surface area contributed by atoms with Crippen molar-refractivity contribution in [2.45, 2.75) is 26.8 Å². The molecule has 0 atom stereocenters. The topological polar surface area (TPSA) is 23.6 Å². The van der Waals surface area contributed by atoms with Gasteiger partial charge in [-0.2, -0.15) is 0 Å². The number of piperazine rings is 1. The average molecular weight is 335 g/mol. The Morgan fingerprint density at radius 2 is 2.05 bits per heavy atom. The van der Waals surface area contributed by atoms with Gasteiger partial charge in [-0.3, -0.25) is 9.69 Å². The van der Waals surface area contributed by atoms with E-state index >= 15 is 0 Å². The third kappa shape index (κ3) is 3.42. The van der Waals surface area contributed by atoms with Gasteiger partial charge in [0, 0.05) is 42.5 Å². The fourth-order valence-electron chi connectivity index (χ4n) is 2.86. The molecule has 0 saturated carbocycles. The fraction of sp³-hybridized carbons (Fsp3) is 0.471. The first-order chi connectivity index (χ1) is 10.7. The van der Waals surface area contributed by atoms with Crippen molar-refractivity contribution in [2.24, 2.45) is 0 Å². The molecule has 1 amide bonds. The number of carbonyl (C=O) groups excluding carboxylic acids is 1. The zero-order chi connectivity index (χ0) is 15.5. The lowest BCUT2D eigenvalue weighted by molar-refractivity contribution is 0.0634. The molecule has 0 spiro atoms. The molecule has 0 unspecified atom stereocenters. The van der Waals surface area contributed by atoms with E-state index in [0.29, 0.717) is 0 Å². The van der Waals surface area contributed by atoms with Crippen LogP contribution in [-0.4, -0.2) is 41.9 Å². The van der Waals surface area contributed by atoms with Gasteiger partial charge in [-0.15, -0.1) is 22.7 Å². The third-order valence-corrected chi connectivity index (χ3v) is 6.40. The second-order valence-electron chi connectivity index (χ2n) is 5.72. The quantitative estimate of drug-likeness (QED) is 0.852. The molecule has 0 N–H and O–H groups in total. The van der Waals surface area contributed by atoms with Crippen molar-refractivity contribution in [3.05, 3.63) is 43.8 Å². The second kappa shape index (κ2) is 6.94. The highest BCUT2D eigenvalue weighted by Crippen LogP contribution is 2.24. The number of carbonyl (C=O) groups is 1. The fourth-order valence-corrected chi connectivity index (χ4v) is 4.69. The van der Waals surface area contributed by atoms with Gasteiger partial charge in [-0.1, -0.05) is 13.0 Å². The largest absolute Gasteiger partial charge is 0.335 e. The van der Waals surface area contributed by atoms with Gasteiger partial charge in [0.2, 0.25) is 0 Å². The maximum absolute atomic E-state index is 12.6. The summed E-state index contributed by atoms with van der Waals surface area (Å²) < 4.78 is 0. The number of hydrogen-bond acceptors (Lipinski definition) is 4. The van der Waals surface area contributed by atoms with E-state index in [1.165, 1.54) is 15.3 Å². The standard InChI is InChI=1S/C17H22N2OS2/c1-3-15-13(2)11-16(22-15)17(20)19-8-6-18(7-9-19)12-14-5-4-10-21-14/h4-5,10-11H,3,6-9,12H2,1-2H3. The van der Waals surface area contributed by atoms with Crippen molar-refractivity contribution in [1.82, 2.24) is 9.80 Å². The van der Waals surface area contributed by atoms with Gasteiger partial charge in [0.25, 0.3) is 5.91 Å². The highest BCUT2D eigenvalue weighted by Gasteiger charge is 2.23. The minimum atomic E-state index is 0.212. The van der Waals surface area contributed by atoms with Gasteiger partial charge in [-0.25, -0.2) is 0 Å². The van der Waals surface area contributed by atoms with Crippen LogP contribution in [0.4, 0.5) is 0 Å². The zero-order valence-electron chi connectivity index (χ0n) is 13.2. The van der Waals surface area contributed by atoms with Crippen LogP contribution in [0.2, 0.25) is 0 Å². The molecule has 2 aromatic heterocycles. The lowest BCUT2D eigenvalue weighted by Crippen LogP contribution is -2.48. The van der Waals surface area contributed by atoms with Crippen molar-refractivity contribution in [3.8, 4) is 0 Å². The van der Waals surface area contributed by atoms with Crippen molar-refractivity contribution < 1.29 is 4.79 Å². The number of thiophene rings is 2. The Balaban J connectivity index is 1.57. The molecular weight excluding hydrogens is 312 g/mol. The molecule has 0 aliphatic carbocycles. The molecule has 0 aromatic carbocycles. The van der Waals surface area contributed by atoms with Gasteiger partial charge in [0.05, 0.1) is 4.88 Å². The summed E-state index contributed by atoms with van der Waals surface area (Å²) >= 11 is 3.47. The Morgan fingerprint density at radius 1 is 1.27 bits per heavy atom. The predicted octanol–water partition coefficient (Wildman–Crippen LogP) is 3.64. The van der Waals surface area contributed by atoms with Gasteiger partial charge in [-0.05, 0) is 36.4 Å². The summed E-state index contributed by atoms with van der Waals surface area (Å²) in [5.41, 5.74) is 1.26. The van der Waals surface area contributed by atoms with Crippen molar-refractivity contribution in [3.63, 3.8) is 0 Å². The van der Waals surface area contributed by atoms with Crippen LogP contribution >= 0.6 is 22.7 Å². The average Bonchev–Trinajstić information content (AvgIpc) is 3.16. The van der Waals surface area contributed by atoms with E-state index in [0.717, 1.165) is 44.0 Å². The molecule has 3 heterocycles. The number of rotatable bonds is 4. The smallest absolute Gasteiger partial charge is 0.264 e. The number of hydrogen-bond donors (Lipinski definition) is 0. The number of aryl methyl sites for hydroxylation is 2. The summed E-state index contributed by atoms with van der Waals surface area (Å²) in [6.07, 6.45) is 1.01. The van der Waals surface area contributed by atoms with Crippen molar-refractivity contribution in [2.75, 3.05) is 26.2 Å². The van der Waals surface area contributed by atoms with Crippen LogP contribution in [0.3, 0.4) is 0 Å². The van der Waals surface area contributed by atoms with Crippen molar-refractivity contribution >= 4 is 28.6 Å². The molecule has 118 valence electrons. The second-order valence-corrected chi connectivity index (χ2v) is 7.89. The number of nitrogens with zero attached hydrogens (tertiary/aromatic N) is 2. The molecule has 1 fully saturated rings. The SMILES string of the molecule is CCc1sc(C(=O)N2CCN(Cc3cccs3)CC2)cc1C. The van der Waals surface area contributed by atoms with E-state index < -0.39 is 0 Å². The lowest BCUT2D eigenvalue weighted by atomic mass is 10.2. The lowest BCUT2D eigenvalue weighted by Gasteiger charge is -2.34. The van der Waals surface area contributed by atoms with Gasteiger partial charge >= 0.3 is 0 Å². The molecule has 1 saturated heterocycles. The summed E-state index contributed by atoms with van der Waals surface area (Å²) in [7, 11) is 0.